The molecule has 2 aromatic heterocycles. The van der Waals surface area contributed by atoms with E-state index in [1.54, 1.807) is 18.4 Å². The predicted octanol–water partition coefficient (Wildman–Crippen LogP) is 3.66. The van der Waals surface area contributed by atoms with Crippen LogP contribution in [0.5, 0.6) is 5.75 Å². The minimum atomic E-state index is 0.323. The van der Waals surface area contributed by atoms with Crippen LogP contribution in [0.4, 0.5) is 5.88 Å². The van der Waals surface area contributed by atoms with E-state index >= 15 is 0 Å². The molecule has 0 amide bonds. The summed E-state index contributed by atoms with van der Waals surface area (Å²) in [5.41, 5.74) is 8.29. The van der Waals surface area contributed by atoms with Gasteiger partial charge in [0.1, 0.15) is 11.4 Å². The van der Waals surface area contributed by atoms with Crippen LogP contribution < -0.4 is 10.5 Å². The fourth-order valence-corrected chi connectivity index (χ4v) is 2.76. The lowest BCUT2D eigenvalue weighted by Gasteiger charge is -2.06. The van der Waals surface area contributed by atoms with Gasteiger partial charge in [0.2, 0.25) is 5.88 Å². The third kappa shape index (κ3) is 1.98. The molecular weight excluding hydrogens is 260 g/mol. The second-order valence-corrected chi connectivity index (χ2v) is 4.90. The number of nitrogen functional groups attached to an aromatic ring is 1. The maximum atomic E-state index is 5.90. The molecule has 0 aliphatic carbocycles. The Hall–Kier alpha value is -2.27. The molecule has 0 fully saturated rings. The molecule has 0 aliphatic rings. The first-order valence-corrected chi connectivity index (χ1v) is 6.61. The van der Waals surface area contributed by atoms with Crippen LogP contribution >= 0.6 is 11.3 Å². The fraction of sp³-hybridized carbons (Fsp3) is 0.0714. The molecule has 0 aliphatic heterocycles. The van der Waals surface area contributed by atoms with Gasteiger partial charge in [-0.25, -0.2) is 0 Å². The zero-order chi connectivity index (χ0) is 13.2. The highest BCUT2D eigenvalue weighted by Gasteiger charge is 2.20. The molecular formula is C14H12N2O2S. The van der Waals surface area contributed by atoms with E-state index < -0.39 is 0 Å². The van der Waals surface area contributed by atoms with Gasteiger partial charge in [0, 0.05) is 10.4 Å². The molecule has 0 spiro atoms. The van der Waals surface area contributed by atoms with Gasteiger partial charge in [0.15, 0.2) is 0 Å². The average molecular weight is 272 g/mol. The summed E-state index contributed by atoms with van der Waals surface area (Å²) in [4.78, 5) is 1.03. The first-order chi connectivity index (χ1) is 9.31. The second-order valence-electron chi connectivity index (χ2n) is 3.95. The largest absolute Gasteiger partial charge is 0.496 e. The normalized spacial score (nSPS) is 10.6. The number of ether oxygens (including phenoxy) is 1. The predicted molar refractivity (Wildman–Crippen MR) is 76.2 cm³/mol. The molecule has 0 saturated carbocycles. The number of hydrogen-bond acceptors (Lipinski definition) is 5. The molecule has 1 aromatic carbocycles. The molecule has 0 unspecified atom stereocenters. The van der Waals surface area contributed by atoms with E-state index in [1.165, 1.54) is 0 Å². The van der Waals surface area contributed by atoms with E-state index in [4.69, 9.17) is 15.0 Å². The summed E-state index contributed by atoms with van der Waals surface area (Å²) < 4.78 is 10.5. The topological polar surface area (TPSA) is 61.3 Å². The highest BCUT2D eigenvalue weighted by Crippen LogP contribution is 2.41. The van der Waals surface area contributed by atoms with Gasteiger partial charge in [0.05, 0.1) is 12.7 Å². The van der Waals surface area contributed by atoms with Gasteiger partial charge in [-0.2, -0.15) is 0 Å². The van der Waals surface area contributed by atoms with Gasteiger partial charge < -0.3 is 15.0 Å². The molecule has 4 nitrogen and oxygen atoms in total. The van der Waals surface area contributed by atoms with Crippen LogP contribution in [0.15, 0.2) is 46.3 Å². The van der Waals surface area contributed by atoms with Gasteiger partial charge in [-0.05, 0) is 23.6 Å². The molecule has 5 heteroatoms. The number of para-hydroxylation sites is 1. The summed E-state index contributed by atoms with van der Waals surface area (Å²) in [5.74, 6) is 1.07. The second kappa shape index (κ2) is 4.78. The Morgan fingerprint density at radius 1 is 1.21 bits per heavy atom. The van der Waals surface area contributed by atoms with Crippen LogP contribution in [0.2, 0.25) is 0 Å². The van der Waals surface area contributed by atoms with Crippen molar-refractivity contribution in [2.24, 2.45) is 0 Å². The van der Waals surface area contributed by atoms with Gasteiger partial charge in [-0.15, -0.1) is 11.3 Å². The number of hydrogen-bond donors (Lipinski definition) is 1. The standard InChI is InChI=1S/C14H12N2O2S/c1-17-10-6-3-2-5-9(10)13-12(14(15)18-16-13)11-7-4-8-19-11/h2-8H,15H2,1H3. The molecule has 2 N–H and O–H groups in total. The third-order valence-electron chi connectivity index (χ3n) is 2.85. The van der Waals surface area contributed by atoms with Crippen molar-refractivity contribution < 1.29 is 9.26 Å². The van der Waals surface area contributed by atoms with Crippen molar-refractivity contribution in [2.75, 3.05) is 12.8 Å². The molecule has 19 heavy (non-hydrogen) atoms. The number of anilines is 1. The maximum absolute atomic E-state index is 5.90. The van der Waals surface area contributed by atoms with Crippen molar-refractivity contribution in [1.29, 1.82) is 0 Å². The number of benzene rings is 1. The summed E-state index contributed by atoms with van der Waals surface area (Å²) >= 11 is 1.60. The Morgan fingerprint density at radius 3 is 2.79 bits per heavy atom. The molecule has 0 radical (unpaired) electrons. The summed E-state index contributed by atoms with van der Waals surface area (Å²) in [5, 5.41) is 6.07. The Bertz CT molecular complexity index is 689. The molecule has 0 saturated heterocycles. The lowest BCUT2D eigenvalue weighted by Crippen LogP contribution is -1.89. The van der Waals surface area contributed by atoms with Crippen LogP contribution in [0.25, 0.3) is 21.7 Å². The van der Waals surface area contributed by atoms with Gasteiger partial charge in [-0.1, -0.05) is 23.4 Å². The summed E-state index contributed by atoms with van der Waals surface area (Å²) in [6.07, 6.45) is 0. The number of methoxy groups -OCH3 is 1. The zero-order valence-corrected chi connectivity index (χ0v) is 11.1. The van der Waals surface area contributed by atoms with E-state index in [2.05, 4.69) is 5.16 Å². The van der Waals surface area contributed by atoms with E-state index in [0.29, 0.717) is 11.6 Å². The van der Waals surface area contributed by atoms with E-state index in [-0.39, 0.29) is 0 Å². The van der Waals surface area contributed by atoms with Crippen LogP contribution in [-0.4, -0.2) is 12.3 Å². The summed E-state index contributed by atoms with van der Waals surface area (Å²) in [6.45, 7) is 0. The first-order valence-electron chi connectivity index (χ1n) is 5.73. The van der Waals surface area contributed by atoms with Crippen LogP contribution in [0.1, 0.15) is 0 Å². The maximum Gasteiger partial charge on any atom is 0.231 e. The van der Waals surface area contributed by atoms with Crippen LogP contribution in [-0.2, 0) is 0 Å². The van der Waals surface area contributed by atoms with Gasteiger partial charge in [0.25, 0.3) is 0 Å². The summed E-state index contributed by atoms with van der Waals surface area (Å²) in [6, 6.07) is 11.6. The Morgan fingerprint density at radius 2 is 2.05 bits per heavy atom. The minimum Gasteiger partial charge on any atom is -0.496 e. The Labute approximate surface area is 114 Å². The van der Waals surface area contributed by atoms with Gasteiger partial charge >= 0.3 is 0 Å². The molecule has 96 valence electrons. The molecule has 0 bridgehead atoms. The van der Waals surface area contributed by atoms with Crippen LogP contribution in [0.3, 0.4) is 0 Å². The smallest absolute Gasteiger partial charge is 0.231 e. The lowest BCUT2D eigenvalue weighted by atomic mass is 10.1. The van der Waals surface area contributed by atoms with Crippen molar-refractivity contribution in [3.05, 3.63) is 41.8 Å². The zero-order valence-electron chi connectivity index (χ0n) is 10.3. The monoisotopic (exact) mass is 272 g/mol. The summed E-state index contributed by atoms with van der Waals surface area (Å²) in [7, 11) is 1.63. The number of thiophene rings is 1. The van der Waals surface area contributed by atoms with Crippen molar-refractivity contribution >= 4 is 17.2 Å². The minimum absolute atomic E-state index is 0.323. The van der Waals surface area contributed by atoms with Crippen molar-refractivity contribution in [3.63, 3.8) is 0 Å². The molecule has 3 aromatic rings. The van der Waals surface area contributed by atoms with Crippen molar-refractivity contribution in [3.8, 4) is 27.4 Å². The first kappa shape index (κ1) is 11.8. The SMILES string of the molecule is COc1ccccc1-c1noc(N)c1-c1cccs1. The quantitative estimate of drug-likeness (QED) is 0.790. The number of nitrogens with two attached hydrogens (primary N) is 1. The fourth-order valence-electron chi connectivity index (χ4n) is 1.99. The third-order valence-corrected chi connectivity index (χ3v) is 3.74. The highest BCUT2D eigenvalue weighted by molar-refractivity contribution is 7.13. The van der Waals surface area contributed by atoms with Crippen LogP contribution in [0, 0.1) is 0 Å². The molecule has 2 heterocycles. The van der Waals surface area contributed by atoms with Crippen molar-refractivity contribution in [1.82, 2.24) is 5.16 Å². The van der Waals surface area contributed by atoms with E-state index in [9.17, 15) is 0 Å². The Balaban J connectivity index is 2.22. The number of aromatic nitrogens is 1. The average Bonchev–Trinajstić information content (AvgIpc) is 3.07. The van der Waals surface area contributed by atoms with E-state index in [1.807, 2.05) is 41.8 Å². The van der Waals surface area contributed by atoms with Crippen molar-refractivity contribution in [2.45, 2.75) is 0 Å². The number of rotatable bonds is 3. The lowest BCUT2D eigenvalue weighted by molar-refractivity contribution is 0.414. The Kier molecular flexibility index (Phi) is 2.97. The van der Waals surface area contributed by atoms with Gasteiger partial charge in [-0.3, -0.25) is 0 Å². The van der Waals surface area contributed by atoms with E-state index in [0.717, 1.165) is 21.8 Å². The number of nitrogens with zero attached hydrogens (tertiary/aromatic N) is 1. The molecule has 3 rings (SSSR count). The highest BCUT2D eigenvalue weighted by atomic mass is 32.1. The molecule has 0 atom stereocenters.